The molecule has 1 atom stereocenters. The number of rotatable bonds is 4. The van der Waals surface area contributed by atoms with Crippen LogP contribution < -0.4 is 0 Å². The number of pyridine rings is 1. The number of hydrogen-bond donors (Lipinski definition) is 0. The van der Waals surface area contributed by atoms with Crippen molar-refractivity contribution in [3.05, 3.63) is 53.7 Å². The van der Waals surface area contributed by atoms with Crippen molar-refractivity contribution in [2.24, 2.45) is 0 Å². The van der Waals surface area contributed by atoms with Crippen LogP contribution in [0.3, 0.4) is 0 Å². The topological polar surface area (TPSA) is 45.7 Å². The van der Waals surface area contributed by atoms with E-state index in [-0.39, 0.29) is 5.91 Å². The Kier molecular flexibility index (Phi) is 5.50. The molecule has 0 spiro atoms. The van der Waals surface area contributed by atoms with E-state index in [2.05, 4.69) is 41.1 Å². The maximum absolute atomic E-state index is 12.5. The SMILES string of the molecule is C[C@H](c1ccc(-c2ccc(C(=O)N3CCOCC3)cn2)cc1)N1CCCC1. The molecule has 3 heterocycles. The number of carbonyl (C=O) groups is 1. The van der Waals surface area contributed by atoms with Gasteiger partial charge >= 0.3 is 0 Å². The lowest BCUT2D eigenvalue weighted by Gasteiger charge is -2.26. The van der Waals surface area contributed by atoms with Gasteiger partial charge in [-0.2, -0.15) is 0 Å². The standard InChI is InChI=1S/C22H27N3O2/c1-17(24-10-2-3-11-24)18-4-6-19(7-5-18)21-9-8-20(16-23-21)22(26)25-12-14-27-15-13-25/h4-9,16-17H,2-3,10-15H2,1H3/t17-/m1/s1. The summed E-state index contributed by atoms with van der Waals surface area (Å²) in [5.41, 5.74) is 3.96. The summed E-state index contributed by atoms with van der Waals surface area (Å²) >= 11 is 0. The van der Waals surface area contributed by atoms with Crippen LogP contribution in [0.2, 0.25) is 0 Å². The molecule has 5 nitrogen and oxygen atoms in total. The van der Waals surface area contributed by atoms with Gasteiger partial charge in [0.15, 0.2) is 0 Å². The minimum absolute atomic E-state index is 0.0344. The Morgan fingerprint density at radius 2 is 1.70 bits per heavy atom. The van der Waals surface area contributed by atoms with Crippen LogP contribution in [-0.4, -0.2) is 60.1 Å². The van der Waals surface area contributed by atoms with Crippen LogP contribution in [0.1, 0.15) is 41.7 Å². The maximum atomic E-state index is 12.5. The van der Waals surface area contributed by atoms with Crippen molar-refractivity contribution in [3.63, 3.8) is 0 Å². The van der Waals surface area contributed by atoms with Gasteiger partial charge in [0.05, 0.1) is 24.5 Å². The molecule has 2 aliphatic rings. The van der Waals surface area contributed by atoms with E-state index in [0.717, 1.165) is 11.3 Å². The molecule has 2 fully saturated rings. The molecule has 0 N–H and O–H groups in total. The first kappa shape index (κ1) is 18.1. The molecule has 5 heteroatoms. The molecule has 1 aromatic carbocycles. The molecule has 2 aromatic rings. The normalized spacial score (nSPS) is 19.2. The summed E-state index contributed by atoms with van der Waals surface area (Å²) in [6, 6.07) is 12.9. The molecule has 2 saturated heterocycles. The second-order valence-corrected chi connectivity index (χ2v) is 7.38. The largest absolute Gasteiger partial charge is 0.378 e. The van der Waals surface area contributed by atoms with E-state index in [1.165, 1.54) is 31.5 Å². The quantitative estimate of drug-likeness (QED) is 0.833. The third kappa shape index (κ3) is 4.04. The molecule has 4 rings (SSSR count). The number of benzene rings is 1. The predicted octanol–water partition coefficient (Wildman–Crippen LogP) is 3.38. The Morgan fingerprint density at radius 3 is 2.33 bits per heavy atom. The molecule has 1 amide bonds. The molecule has 0 bridgehead atoms. The van der Waals surface area contributed by atoms with Gasteiger partial charge in [0, 0.05) is 30.9 Å². The molecule has 142 valence electrons. The van der Waals surface area contributed by atoms with Crippen molar-refractivity contribution in [2.75, 3.05) is 39.4 Å². The summed E-state index contributed by atoms with van der Waals surface area (Å²) in [5, 5.41) is 0. The number of ether oxygens (including phenoxy) is 1. The zero-order valence-electron chi connectivity index (χ0n) is 15.9. The highest BCUT2D eigenvalue weighted by atomic mass is 16.5. The first-order valence-corrected chi connectivity index (χ1v) is 9.90. The predicted molar refractivity (Wildman–Crippen MR) is 106 cm³/mol. The highest BCUT2D eigenvalue weighted by molar-refractivity contribution is 5.94. The molecule has 0 unspecified atom stereocenters. The van der Waals surface area contributed by atoms with Crippen LogP contribution in [-0.2, 0) is 4.74 Å². The highest BCUT2D eigenvalue weighted by Gasteiger charge is 2.20. The average molecular weight is 365 g/mol. The Hall–Kier alpha value is -2.24. The van der Waals surface area contributed by atoms with Crippen molar-refractivity contribution in [2.45, 2.75) is 25.8 Å². The van der Waals surface area contributed by atoms with E-state index in [4.69, 9.17) is 4.74 Å². The van der Waals surface area contributed by atoms with Crippen molar-refractivity contribution < 1.29 is 9.53 Å². The van der Waals surface area contributed by atoms with E-state index in [1.807, 2.05) is 17.0 Å². The molecular weight excluding hydrogens is 338 g/mol. The van der Waals surface area contributed by atoms with Gasteiger partial charge in [-0.15, -0.1) is 0 Å². The number of carbonyl (C=O) groups excluding carboxylic acids is 1. The van der Waals surface area contributed by atoms with Crippen LogP contribution in [0.25, 0.3) is 11.3 Å². The summed E-state index contributed by atoms with van der Waals surface area (Å²) < 4.78 is 5.31. The van der Waals surface area contributed by atoms with E-state index in [1.54, 1.807) is 6.20 Å². The number of nitrogens with zero attached hydrogens (tertiary/aromatic N) is 3. The number of morpholine rings is 1. The summed E-state index contributed by atoms with van der Waals surface area (Å²) in [4.78, 5) is 21.4. The molecule has 0 radical (unpaired) electrons. The van der Waals surface area contributed by atoms with Gasteiger partial charge in [-0.3, -0.25) is 14.7 Å². The number of aromatic nitrogens is 1. The fourth-order valence-electron chi connectivity index (χ4n) is 3.91. The van der Waals surface area contributed by atoms with Crippen molar-refractivity contribution in [3.8, 4) is 11.3 Å². The van der Waals surface area contributed by atoms with Crippen LogP contribution in [0.5, 0.6) is 0 Å². The third-order valence-corrected chi connectivity index (χ3v) is 5.69. The fraction of sp³-hybridized carbons (Fsp3) is 0.455. The minimum Gasteiger partial charge on any atom is -0.378 e. The Balaban J connectivity index is 1.44. The van der Waals surface area contributed by atoms with Crippen LogP contribution in [0.4, 0.5) is 0 Å². The smallest absolute Gasteiger partial charge is 0.255 e. The molecular formula is C22H27N3O2. The van der Waals surface area contributed by atoms with Gasteiger partial charge in [-0.05, 0) is 50.6 Å². The minimum atomic E-state index is 0.0344. The average Bonchev–Trinajstić information content (AvgIpc) is 3.28. The second kappa shape index (κ2) is 8.19. The lowest BCUT2D eigenvalue weighted by molar-refractivity contribution is 0.0302. The van der Waals surface area contributed by atoms with Gasteiger partial charge in [0.1, 0.15) is 0 Å². The summed E-state index contributed by atoms with van der Waals surface area (Å²) in [6.07, 6.45) is 4.30. The van der Waals surface area contributed by atoms with E-state index < -0.39 is 0 Å². The van der Waals surface area contributed by atoms with Gasteiger partial charge < -0.3 is 9.64 Å². The first-order chi connectivity index (χ1) is 13.2. The zero-order valence-corrected chi connectivity index (χ0v) is 15.9. The van der Waals surface area contributed by atoms with Crippen molar-refractivity contribution in [1.82, 2.24) is 14.8 Å². The lowest BCUT2D eigenvalue weighted by Crippen LogP contribution is -2.40. The number of hydrogen-bond acceptors (Lipinski definition) is 4. The lowest BCUT2D eigenvalue weighted by atomic mass is 10.0. The van der Waals surface area contributed by atoms with Crippen LogP contribution >= 0.6 is 0 Å². The molecule has 27 heavy (non-hydrogen) atoms. The summed E-state index contributed by atoms with van der Waals surface area (Å²) in [5.74, 6) is 0.0344. The molecule has 2 aliphatic heterocycles. The van der Waals surface area contributed by atoms with Crippen LogP contribution in [0, 0.1) is 0 Å². The molecule has 1 aromatic heterocycles. The zero-order chi connectivity index (χ0) is 18.6. The maximum Gasteiger partial charge on any atom is 0.255 e. The number of amides is 1. The van der Waals surface area contributed by atoms with Gasteiger partial charge in [-0.1, -0.05) is 24.3 Å². The van der Waals surface area contributed by atoms with E-state index in [9.17, 15) is 4.79 Å². The summed E-state index contributed by atoms with van der Waals surface area (Å²) in [7, 11) is 0. The third-order valence-electron chi connectivity index (χ3n) is 5.69. The van der Waals surface area contributed by atoms with Gasteiger partial charge in [-0.25, -0.2) is 0 Å². The Bertz CT molecular complexity index is 761. The van der Waals surface area contributed by atoms with Gasteiger partial charge in [0.2, 0.25) is 0 Å². The molecule has 0 saturated carbocycles. The van der Waals surface area contributed by atoms with E-state index in [0.29, 0.717) is 37.9 Å². The van der Waals surface area contributed by atoms with Crippen LogP contribution in [0.15, 0.2) is 42.6 Å². The summed E-state index contributed by atoms with van der Waals surface area (Å²) in [6.45, 7) is 7.20. The Morgan fingerprint density at radius 1 is 1.00 bits per heavy atom. The van der Waals surface area contributed by atoms with E-state index >= 15 is 0 Å². The van der Waals surface area contributed by atoms with Crippen molar-refractivity contribution in [1.29, 1.82) is 0 Å². The van der Waals surface area contributed by atoms with Crippen molar-refractivity contribution >= 4 is 5.91 Å². The number of likely N-dealkylation sites (tertiary alicyclic amines) is 1. The monoisotopic (exact) mass is 365 g/mol. The second-order valence-electron chi connectivity index (χ2n) is 7.38. The molecule has 0 aliphatic carbocycles. The van der Waals surface area contributed by atoms with Gasteiger partial charge in [0.25, 0.3) is 5.91 Å². The Labute approximate surface area is 161 Å². The highest BCUT2D eigenvalue weighted by Crippen LogP contribution is 2.26. The first-order valence-electron chi connectivity index (χ1n) is 9.90. The fourth-order valence-corrected chi connectivity index (χ4v) is 3.91.